The van der Waals surface area contributed by atoms with E-state index in [1.54, 1.807) is 0 Å². The van der Waals surface area contributed by atoms with E-state index >= 15 is 0 Å². The summed E-state index contributed by atoms with van der Waals surface area (Å²) in [5, 5.41) is 21.5. The molecule has 7 heteroatoms. The number of nitrogens with zero attached hydrogens (tertiary/aromatic N) is 4. The molecule has 0 bridgehead atoms. The molecule has 2 aliphatic carbocycles. The average molecular weight is 258 g/mol. The molecule has 2 aromatic heterocycles. The first kappa shape index (κ1) is 10.5. The minimum Gasteiger partial charge on any atom is -0.595 e. The fraction of sp³-hybridized carbons (Fsp3) is 0.333. The van der Waals surface area contributed by atoms with Gasteiger partial charge in [0, 0.05) is 18.3 Å². The third-order valence-electron chi connectivity index (χ3n) is 3.91. The number of carboxylic acid groups (broad SMARTS) is 1. The fourth-order valence-corrected chi connectivity index (χ4v) is 3.04. The third-order valence-corrected chi connectivity index (χ3v) is 3.91. The maximum absolute atomic E-state index is 12.2. The molecule has 1 N–H and O–H groups in total. The van der Waals surface area contributed by atoms with Crippen LogP contribution < -0.4 is 4.85 Å². The van der Waals surface area contributed by atoms with Crippen molar-refractivity contribution in [2.24, 2.45) is 5.92 Å². The van der Waals surface area contributed by atoms with Crippen molar-refractivity contribution in [3.8, 4) is 5.82 Å². The Morgan fingerprint density at radius 3 is 3.05 bits per heavy atom. The third kappa shape index (κ3) is 1.26. The van der Waals surface area contributed by atoms with E-state index < -0.39 is 5.97 Å². The van der Waals surface area contributed by atoms with Gasteiger partial charge in [0.05, 0.1) is 17.5 Å². The Balaban J connectivity index is 2.01. The van der Waals surface area contributed by atoms with E-state index in [1.807, 2.05) is 0 Å². The molecule has 19 heavy (non-hydrogen) atoms. The molecular weight excluding hydrogens is 248 g/mol. The van der Waals surface area contributed by atoms with Crippen molar-refractivity contribution in [1.29, 1.82) is 0 Å². The van der Waals surface area contributed by atoms with Gasteiger partial charge < -0.3 is 10.3 Å². The summed E-state index contributed by atoms with van der Waals surface area (Å²) in [6.07, 6.45) is 6.17. The lowest BCUT2D eigenvalue weighted by Gasteiger charge is -2.05. The van der Waals surface area contributed by atoms with Crippen LogP contribution >= 0.6 is 0 Å². The molecule has 1 saturated carbocycles. The Morgan fingerprint density at radius 1 is 1.53 bits per heavy atom. The molecule has 7 nitrogen and oxygen atoms in total. The van der Waals surface area contributed by atoms with E-state index in [4.69, 9.17) is 0 Å². The van der Waals surface area contributed by atoms with Gasteiger partial charge in [-0.3, -0.25) is 4.98 Å². The average Bonchev–Trinajstić information content (AvgIpc) is 2.96. The molecule has 0 aliphatic heterocycles. The molecule has 0 spiro atoms. The van der Waals surface area contributed by atoms with Crippen molar-refractivity contribution in [2.75, 3.05) is 0 Å². The Bertz CT molecular complexity index is 695. The Kier molecular flexibility index (Phi) is 1.83. The van der Waals surface area contributed by atoms with Crippen LogP contribution in [0.2, 0.25) is 0 Å². The first-order chi connectivity index (χ1) is 9.18. The number of hydrogen-bond donors (Lipinski definition) is 1. The first-order valence-corrected chi connectivity index (χ1v) is 6.05. The highest BCUT2D eigenvalue weighted by molar-refractivity contribution is 5.86. The molecule has 4 rings (SSSR count). The summed E-state index contributed by atoms with van der Waals surface area (Å²) in [4.78, 5) is 19.8. The molecule has 2 aliphatic rings. The van der Waals surface area contributed by atoms with Crippen molar-refractivity contribution in [1.82, 2.24) is 14.6 Å². The Morgan fingerprint density at radius 2 is 2.37 bits per heavy atom. The quantitative estimate of drug-likeness (QED) is 0.615. The predicted molar refractivity (Wildman–Crippen MR) is 61.8 cm³/mol. The number of hydrogen-bond acceptors (Lipinski definition) is 4. The molecule has 96 valence electrons. The van der Waals surface area contributed by atoms with Crippen LogP contribution in [0.15, 0.2) is 18.6 Å². The molecular formula is C12H10N4O3. The van der Waals surface area contributed by atoms with Crippen LogP contribution in [0.5, 0.6) is 0 Å². The van der Waals surface area contributed by atoms with Gasteiger partial charge in [0.25, 0.3) is 0 Å². The van der Waals surface area contributed by atoms with Gasteiger partial charge in [-0.05, 0) is 18.8 Å². The predicted octanol–water partition coefficient (Wildman–Crippen LogP) is 0.258. The van der Waals surface area contributed by atoms with Crippen LogP contribution in [0.1, 0.15) is 34.1 Å². The summed E-state index contributed by atoms with van der Waals surface area (Å²) in [5.41, 5.74) is 1.29. The molecule has 0 saturated heterocycles. The topological polar surface area (TPSA) is 94.9 Å². The second kappa shape index (κ2) is 3.31. The highest BCUT2D eigenvalue weighted by Gasteiger charge is 2.54. The summed E-state index contributed by atoms with van der Waals surface area (Å²) < 4.78 is 1.35. The number of carbonyl (C=O) groups is 1. The molecule has 0 aromatic carbocycles. The van der Waals surface area contributed by atoms with Crippen LogP contribution in [0, 0.1) is 11.1 Å². The zero-order valence-electron chi connectivity index (χ0n) is 9.85. The van der Waals surface area contributed by atoms with Gasteiger partial charge in [-0.25, -0.2) is 9.78 Å². The summed E-state index contributed by atoms with van der Waals surface area (Å²) in [5.74, 6) is -0.0264. The lowest BCUT2D eigenvalue weighted by molar-refractivity contribution is -0.687. The maximum Gasteiger partial charge on any atom is 0.405 e. The monoisotopic (exact) mass is 258 g/mol. The SMILES string of the molecule is O=C(O)c1c2c(n(-c3cnccn3)[n+]1[O-])[C@@H]1C[C@@H]1C2. The number of fused-ring (bicyclic) bond motifs is 3. The van der Waals surface area contributed by atoms with Crippen molar-refractivity contribution < 1.29 is 14.7 Å². The lowest BCUT2D eigenvalue weighted by Crippen LogP contribution is -2.42. The highest BCUT2D eigenvalue weighted by Crippen LogP contribution is 2.56. The Labute approximate surface area is 107 Å². The largest absolute Gasteiger partial charge is 0.595 e. The van der Waals surface area contributed by atoms with E-state index in [0.717, 1.165) is 12.1 Å². The van der Waals surface area contributed by atoms with Crippen molar-refractivity contribution in [2.45, 2.75) is 18.8 Å². The minimum absolute atomic E-state index is 0.173. The number of carboxylic acids is 1. The number of aromatic nitrogens is 4. The van der Waals surface area contributed by atoms with E-state index in [2.05, 4.69) is 9.97 Å². The van der Waals surface area contributed by atoms with Crippen LogP contribution in [0.25, 0.3) is 5.82 Å². The zero-order chi connectivity index (χ0) is 13.1. The molecule has 1 fully saturated rings. The summed E-state index contributed by atoms with van der Waals surface area (Å²) in [6.45, 7) is 0. The van der Waals surface area contributed by atoms with Gasteiger partial charge in [0.2, 0.25) is 5.82 Å². The van der Waals surface area contributed by atoms with Gasteiger partial charge in [-0.15, -0.1) is 0 Å². The molecule has 2 heterocycles. The number of rotatable bonds is 2. The zero-order valence-corrected chi connectivity index (χ0v) is 9.85. The van der Waals surface area contributed by atoms with Crippen LogP contribution in [-0.2, 0) is 6.42 Å². The van der Waals surface area contributed by atoms with E-state index in [-0.39, 0.29) is 5.69 Å². The fourth-order valence-electron chi connectivity index (χ4n) is 3.04. The van der Waals surface area contributed by atoms with Gasteiger partial charge in [0.15, 0.2) is 0 Å². The van der Waals surface area contributed by atoms with E-state index in [1.165, 1.54) is 23.3 Å². The second-order valence-corrected chi connectivity index (χ2v) is 4.97. The van der Waals surface area contributed by atoms with E-state index in [0.29, 0.717) is 34.5 Å². The van der Waals surface area contributed by atoms with E-state index in [9.17, 15) is 15.1 Å². The maximum atomic E-state index is 12.2. The standard InChI is InChI=1S/C12H10N4O3/c17-12(18)11-8-4-6-3-7(6)10(8)15(16(11)19)9-5-13-1-2-14-9/h1-2,5-7H,3-4H2,(H,17,18)/t6-,7-/m1/s1. The lowest BCUT2D eigenvalue weighted by atomic mass is 10.1. The van der Waals surface area contributed by atoms with Crippen LogP contribution in [0.3, 0.4) is 0 Å². The first-order valence-electron chi connectivity index (χ1n) is 6.05. The minimum atomic E-state index is -1.19. The smallest absolute Gasteiger partial charge is 0.405 e. The van der Waals surface area contributed by atoms with Crippen LogP contribution in [-0.4, -0.2) is 25.7 Å². The van der Waals surface area contributed by atoms with Gasteiger partial charge >= 0.3 is 11.7 Å². The molecule has 2 aromatic rings. The van der Waals surface area contributed by atoms with Crippen LogP contribution in [0.4, 0.5) is 0 Å². The van der Waals surface area contributed by atoms with Crippen molar-refractivity contribution >= 4 is 5.97 Å². The van der Waals surface area contributed by atoms with Crippen molar-refractivity contribution in [3.63, 3.8) is 0 Å². The van der Waals surface area contributed by atoms with Gasteiger partial charge in [-0.1, -0.05) is 9.53 Å². The summed E-state index contributed by atoms with van der Waals surface area (Å²) in [7, 11) is 0. The molecule has 2 atom stereocenters. The Hall–Kier alpha value is -2.44. The van der Waals surface area contributed by atoms with Gasteiger partial charge in [0.1, 0.15) is 0 Å². The molecule has 0 radical (unpaired) electrons. The number of aromatic carboxylic acids is 1. The summed E-state index contributed by atoms with van der Waals surface area (Å²) in [6, 6.07) is 0. The molecule has 0 unspecified atom stereocenters. The normalized spacial score (nSPS) is 22.9. The molecule has 0 amide bonds. The summed E-state index contributed by atoms with van der Waals surface area (Å²) >= 11 is 0. The van der Waals surface area contributed by atoms with Gasteiger partial charge in [-0.2, -0.15) is 0 Å². The highest BCUT2D eigenvalue weighted by atomic mass is 16.5. The van der Waals surface area contributed by atoms with Crippen molar-refractivity contribution in [3.05, 3.63) is 40.7 Å². The second-order valence-electron chi connectivity index (χ2n) is 4.97.